The molecule has 1 atom stereocenters. The van der Waals surface area contributed by atoms with Gasteiger partial charge in [0.25, 0.3) is 0 Å². The highest BCUT2D eigenvalue weighted by Gasteiger charge is 2.57. The Morgan fingerprint density at radius 3 is 2.62 bits per heavy atom. The molecule has 1 aromatic rings. The lowest BCUT2D eigenvalue weighted by molar-refractivity contribution is -0.149. The third-order valence-electron chi connectivity index (χ3n) is 5.11. The Labute approximate surface area is 157 Å². The number of carbonyl (C=O) groups excluding carboxylic acids is 1. The molecule has 7 heteroatoms. The second kappa shape index (κ2) is 7.50. The average Bonchev–Trinajstić information content (AvgIpc) is 3.28. The largest absolute Gasteiger partial charge is 0.480 e. The fourth-order valence-corrected chi connectivity index (χ4v) is 3.82. The normalized spacial score (nSPS) is 22.3. The molecule has 0 bridgehead atoms. The molecule has 3 N–H and O–H groups in total. The van der Waals surface area contributed by atoms with Gasteiger partial charge in [-0.25, -0.2) is 4.79 Å². The monoisotopic (exact) mass is 375 g/mol. The summed E-state index contributed by atoms with van der Waals surface area (Å²) in [5, 5.41) is 9.57. The molecule has 3 rings (SSSR count). The number of hydrogen-bond acceptors (Lipinski definition) is 4. The zero-order valence-electron chi connectivity index (χ0n) is 14.4. The molecule has 0 radical (unpaired) electrons. The van der Waals surface area contributed by atoms with Gasteiger partial charge in [0.15, 0.2) is 0 Å². The van der Waals surface area contributed by atoms with Crippen molar-refractivity contribution in [3.8, 4) is 0 Å². The number of nitrogens with zero attached hydrogens (tertiary/aromatic N) is 2. The molecule has 6 nitrogen and oxygen atoms in total. The summed E-state index contributed by atoms with van der Waals surface area (Å²) in [4.78, 5) is 30.3. The molecule has 1 aliphatic heterocycles. The van der Waals surface area contributed by atoms with Crippen LogP contribution in [0.3, 0.4) is 0 Å². The third-order valence-corrected chi connectivity index (χ3v) is 5.43. The van der Waals surface area contributed by atoms with Crippen LogP contribution in [-0.4, -0.2) is 39.6 Å². The number of aliphatic carboxylic acids is 1. The van der Waals surface area contributed by atoms with E-state index in [2.05, 4.69) is 4.99 Å². The molecule has 0 unspecified atom stereocenters. The predicted octanol–water partition coefficient (Wildman–Crippen LogP) is 2.52. The zero-order chi connectivity index (χ0) is 18.7. The molecule has 0 spiro atoms. The first-order valence-electron chi connectivity index (χ1n) is 8.70. The van der Waals surface area contributed by atoms with E-state index in [-0.39, 0.29) is 11.1 Å². The molecule has 0 aromatic heterocycles. The molecule has 138 valence electrons. The van der Waals surface area contributed by atoms with Crippen LogP contribution in [0.4, 0.5) is 0 Å². The van der Waals surface area contributed by atoms with Gasteiger partial charge in [-0.15, -0.1) is 0 Å². The van der Waals surface area contributed by atoms with E-state index < -0.39 is 17.4 Å². The lowest BCUT2D eigenvalue weighted by atomic mass is 9.94. The fourth-order valence-electron chi connectivity index (χ4n) is 3.52. The van der Waals surface area contributed by atoms with E-state index >= 15 is 0 Å². The first-order chi connectivity index (χ1) is 12.5. The van der Waals surface area contributed by atoms with Crippen LogP contribution >= 0.6 is 11.6 Å². The van der Waals surface area contributed by atoms with Crippen molar-refractivity contribution in [2.24, 2.45) is 16.1 Å². The van der Waals surface area contributed by atoms with Crippen molar-refractivity contribution in [2.75, 3.05) is 6.54 Å². The van der Waals surface area contributed by atoms with Crippen molar-refractivity contribution in [1.29, 1.82) is 0 Å². The van der Waals surface area contributed by atoms with Gasteiger partial charge in [-0.3, -0.25) is 9.79 Å². The number of halogens is 1. The van der Waals surface area contributed by atoms with Crippen molar-refractivity contribution in [3.05, 3.63) is 47.7 Å². The summed E-state index contributed by atoms with van der Waals surface area (Å²) in [5.74, 6) is -1.17. The number of likely N-dealkylation sites (tertiary alicyclic amines) is 1. The van der Waals surface area contributed by atoms with Gasteiger partial charge >= 0.3 is 5.97 Å². The lowest BCUT2D eigenvalue weighted by Gasteiger charge is -2.27. The van der Waals surface area contributed by atoms with Crippen molar-refractivity contribution in [3.63, 3.8) is 0 Å². The van der Waals surface area contributed by atoms with Crippen LogP contribution in [0.25, 0.3) is 0 Å². The molecule has 1 saturated carbocycles. The molecule has 26 heavy (non-hydrogen) atoms. The zero-order valence-corrected chi connectivity index (χ0v) is 15.2. The average molecular weight is 376 g/mol. The second-order valence-corrected chi connectivity index (χ2v) is 7.11. The number of carbonyl (C=O) groups is 2. The summed E-state index contributed by atoms with van der Waals surface area (Å²) in [6, 6.07) is 8.89. The molecule has 2 aliphatic rings. The highest BCUT2D eigenvalue weighted by atomic mass is 35.5. The summed E-state index contributed by atoms with van der Waals surface area (Å²) in [5.41, 5.74) is 6.46. The van der Waals surface area contributed by atoms with Gasteiger partial charge in [0.1, 0.15) is 11.2 Å². The third kappa shape index (κ3) is 3.46. The Bertz CT molecular complexity index is 757. The quantitative estimate of drug-likeness (QED) is 0.747. The van der Waals surface area contributed by atoms with Gasteiger partial charge in [-0.2, -0.15) is 0 Å². The molecule has 1 saturated heterocycles. The van der Waals surface area contributed by atoms with Crippen LogP contribution in [0.15, 0.2) is 47.1 Å². The molecular formula is C19H22ClN3O3. The number of amides is 1. The fraction of sp³-hybridized carbons (Fsp3) is 0.421. The number of carboxylic acid groups (broad SMARTS) is 1. The van der Waals surface area contributed by atoms with Crippen LogP contribution < -0.4 is 5.73 Å². The van der Waals surface area contributed by atoms with Crippen LogP contribution in [0.1, 0.15) is 31.2 Å². The minimum Gasteiger partial charge on any atom is -0.480 e. The van der Waals surface area contributed by atoms with Gasteiger partial charge < -0.3 is 15.7 Å². The minimum absolute atomic E-state index is 0.202. The van der Waals surface area contributed by atoms with Crippen molar-refractivity contribution < 1.29 is 14.7 Å². The number of rotatable bonds is 6. The Balaban J connectivity index is 1.78. The van der Waals surface area contributed by atoms with Crippen molar-refractivity contribution in [2.45, 2.75) is 38.3 Å². The highest BCUT2D eigenvalue weighted by molar-refractivity contribution is 6.70. The molecule has 1 heterocycles. The van der Waals surface area contributed by atoms with Gasteiger partial charge in [0, 0.05) is 18.3 Å². The second-order valence-electron chi connectivity index (χ2n) is 6.75. The summed E-state index contributed by atoms with van der Waals surface area (Å²) in [7, 11) is 0. The number of carboxylic acids is 1. The number of aliphatic imine (C=N–C) groups is 1. The summed E-state index contributed by atoms with van der Waals surface area (Å²) in [6.07, 6.45) is 3.72. The van der Waals surface area contributed by atoms with E-state index in [0.717, 1.165) is 5.56 Å². The Morgan fingerprint density at radius 1 is 1.35 bits per heavy atom. The van der Waals surface area contributed by atoms with Crippen LogP contribution in [0, 0.1) is 5.41 Å². The van der Waals surface area contributed by atoms with Crippen LogP contribution in [0.5, 0.6) is 0 Å². The van der Waals surface area contributed by atoms with Crippen molar-refractivity contribution >= 4 is 28.6 Å². The Morgan fingerprint density at radius 2 is 2.04 bits per heavy atom. The summed E-state index contributed by atoms with van der Waals surface area (Å²) < 4.78 is 0. The van der Waals surface area contributed by atoms with E-state index in [0.29, 0.717) is 44.3 Å². The minimum atomic E-state index is -0.964. The van der Waals surface area contributed by atoms with E-state index in [1.807, 2.05) is 30.3 Å². The summed E-state index contributed by atoms with van der Waals surface area (Å²) >= 11 is 6.39. The van der Waals surface area contributed by atoms with Crippen LogP contribution in [0.2, 0.25) is 0 Å². The van der Waals surface area contributed by atoms with E-state index in [9.17, 15) is 14.7 Å². The van der Waals surface area contributed by atoms with Gasteiger partial charge in [-0.1, -0.05) is 41.9 Å². The molecular weight excluding hydrogens is 354 g/mol. The standard InChI is InChI=1S/C19H22ClN3O3/c20-16(22-12-13-5-2-1-3-6-13)14(11-21)19(8-9-19)18(26)23-10-4-7-15(23)17(24)25/h1-3,5-6,11,15H,4,7-10,12,21H2,(H,24,25)/b14-11+,22-16?/t15-/m0/s1. The number of nitrogens with two attached hydrogens (primary N) is 1. The first kappa shape index (κ1) is 18.5. The number of benzene rings is 1. The molecule has 2 fully saturated rings. The predicted molar refractivity (Wildman–Crippen MR) is 99.7 cm³/mol. The van der Waals surface area contributed by atoms with Crippen LogP contribution in [-0.2, 0) is 16.1 Å². The maximum absolute atomic E-state index is 13.1. The maximum atomic E-state index is 13.1. The molecule has 1 aliphatic carbocycles. The van der Waals surface area contributed by atoms with Crippen molar-refractivity contribution in [1.82, 2.24) is 4.90 Å². The van der Waals surface area contributed by atoms with E-state index in [1.165, 1.54) is 11.1 Å². The topological polar surface area (TPSA) is 96.0 Å². The summed E-state index contributed by atoms with van der Waals surface area (Å²) in [6.45, 7) is 0.844. The molecule has 1 amide bonds. The first-order valence-corrected chi connectivity index (χ1v) is 9.08. The highest BCUT2D eigenvalue weighted by Crippen LogP contribution is 2.54. The Hall–Kier alpha value is -2.34. The lowest BCUT2D eigenvalue weighted by Crippen LogP contribution is -2.45. The van der Waals surface area contributed by atoms with E-state index in [1.54, 1.807) is 0 Å². The van der Waals surface area contributed by atoms with Gasteiger partial charge in [0.2, 0.25) is 5.91 Å². The smallest absolute Gasteiger partial charge is 0.326 e. The van der Waals surface area contributed by atoms with E-state index in [4.69, 9.17) is 17.3 Å². The van der Waals surface area contributed by atoms with Gasteiger partial charge in [-0.05, 0) is 31.2 Å². The molecule has 1 aromatic carbocycles. The SMILES string of the molecule is N/C=C(\C(Cl)=NCc1ccccc1)C1(C(=O)N2CCC[C@H]2C(=O)O)CC1. The number of hydrogen-bond donors (Lipinski definition) is 2. The van der Waals surface area contributed by atoms with Gasteiger partial charge in [0.05, 0.1) is 12.0 Å². The Kier molecular flexibility index (Phi) is 5.32. The maximum Gasteiger partial charge on any atom is 0.326 e.